The predicted molar refractivity (Wildman–Crippen MR) is 81.0 cm³/mol. The maximum absolute atomic E-state index is 12.2. The highest BCUT2D eigenvalue weighted by Crippen LogP contribution is 2.21. The van der Waals surface area contributed by atoms with E-state index >= 15 is 0 Å². The lowest BCUT2D eigenvalue weighted by atomic mass is 9.86. The molecule has 20 heavy (non-hydrogen) atoms. The zero-order chi connectivity index (χ0) is 15.3. The van der Waals surface area contributed by atoms with Crippen molar-refractivity contribution in [3.8, 4) is 0 Å². The molecule has 0 saturated heterocycles. The third kappa shape index (κ3) is 5.33. The van der Waals surface area contributed by atoms with Crippen LogP contribution in [0.1, 0.15) is 41.0 Å². The number of aromatic nitrogens is 2. The molecule has 0 aliphatic rings. The van der Waals surface area contributed by atoms with Crippen LogP contribution in [0, 0.1) is 11.3 Å². The highest BCUT2D eigenvalue weighted by molar-refractivity contribution is 5.81. The molecule has 0 aliphatic heterocycles. The van der Waals surface area contributed by atoms with E-state index in [2.05, 4.69) is 44.9 Å². The fourth-order valence-electron chi connectivity index (χ4n) is 2.04. The van der Waals surface area contributed by atoms with Crippen molar-refractivity contribution in [1.29, 1.82) is 0 Å². The number of nitrogens with two attached hydrogens (primary N) is 1. The number of amides is 1. The van der Waals surface area contributed by atoms with Crippen molar-refractivity contribution in [1.82, 2.24) is 14.9 Å². The minimum absolute atomic E-state index is 0.0161. The van der Waals surface area contributed by atoms with E-state index in [4.69, 9.17) is 5.73 Å². The van der Waals surface area contributed by atoms with Gasteiger partial charge in [0.05, 0.1) is 18.4 Å². The molecule has 0 fully saturated rings. The first-order valence-electron chi connectivity index (χ1n) is 7.22. The van der Waals surface area contributed by atoms with Gasteiger partial charge in [0.1, 0.15) is 0 Å². The maximum atomic E-state index is 12.2. The summed E-state index contributed by atoms with van der Waals surface area (Å²) in [6, 6.07) is -0.426. The van der Waals surface area contributed by atoms with Crippen molar-refractivity contribution >= 4 is 5.91 Å². The maximum Gasteiger partial charge on any atom is 0.237 e. The van der Waals surface area contributed by atoms with Crippen LogP contribution < -0.4 is 11.1 Å². The lowest BCUT2D eigenvalue weighted by Gasteiger charge is -2.32. The lowest BCUT2D eigenvalue weighted by molar-refractivity contribution is -0.124. The second-order valence-corrected chi connectivity index (χ2v) is 6.92. The third-order valence-electron chi connectivity index (χ3n) is 3.38. The number of nitrogens with zero attached hydrogens (tertiary/aromatic N) is 2. The number of carbonyl (C=O) groups is 1. The van der Waals surface area contributed by atoms with Crippen LogP contribution >= 0.6 is 0 Å². The Morgan fingerprint density at radius 2 is 2.05 bits per heavy atom. The molecule has 1 aromatic heterocycles. The van der Waals surface area contributed by atoms with Gasteiger partial charge in [0.15, 0.2) is 0 Å². The molecule has 5 nitrogen and oxygen atoms in total. The SMILES string of the molecule is CC(C)CC(N)C(=O)NC(Cn1ccnc1)C(C)(C)C. The minimum atomic E-state index is -0.442. The standard InChI is InChI=1S/C15H28N4O/c1-11(2)8-12(16)14(20)18-13(15(3,4)5)9-19-7-6-17-10-19/h6-7,10-13H,8-9,16H2,1-5H3,(H,18,20). The van der Waals surface area contributed by atoms with Crippen molar-refractivity contribution in [2.45, 2.75) is 59.7 Å². The van der Waals surface area contributed by atoms with E-state index in [1.807, 2.05) is 10.8 Å². The first-order chi connectivity index (χ1) is 9.20. The van der Waals surface area contributed by atoms with Crippen molar-refractivity contribution in [2.24, 2.45) is 17.1 Å². The van der Waals surface area contributed by atoms with Gasteiger partial charge in [-0.15, -0.1) is 0 Å². The summed E-state index contributed by atoms with van der Waals surface area (Å²) in [5.41, 5.74) is 5.91. The van der Waals surface area contributed by atoms with Crippen molar-refractivity contribution < 1.29 is 4.79 Å². The Morgan fingerprint density at radius 3 is 2.50 bits per heavy atom. The monoisotopic (exact) mass is 280 g/mol. The molecule has 2 unspecified atom stereocenters. The smallest absolute Gasteiger partial charge is 0.237 e. The Kier molecular flexibility index (Phi) is 5.74. The molecule has 0 bridgehead atoms. The number of hydrogen-bond acceptors (Lipinski definition) is 3. The molecule has 0 radical (unpaired) electrons. The molecule has 0 spiro atoms. The van der Waals surface area contributed by atoms with Gasteiger partial charge in [0.25, 0.3) is 0 Å². The second-order valence-electron chi connectivity index (χ2n) is 6.92. The van der Waals surface area contributed by atoms with Crippen LogP contribution in [-0.4, -0.2) is 27.5 Å². The summed E-state index contributed by atoms with van der Waals surface area (Å²) in [7, 11) is 0. The van der Waals surface area contributed by atoms with Crippen LogP contribution in [0.5, 0.6) is 0 Å². The van der Waals surface area contributed by atoms with Crippen molar-refractivity contribution in [3.05, 3.63) is 18.7 Å². The summed E-state index contributed by atoms with van der Waals surface area (Å²) in [5.74, 6) is 0.344. The summed E-state index contributed by atoms with van der Waals surface area (Å²) < 4.78 is 1.98. The van der Waals surface area contributed by atoms with Crippen molar-refractivity contribution in [2.75, 3.05) is 0 Å². The van der Waals surface area contributed by atoms with Crippen LogP contribution in [0.15, 0.2) is 18.7 Å². The first-order valence-corrected chi connectivity index (χ1v) is 7.22. The Labute approximate surface area is 122 Å². The normalized spacial score (nSPS) is 15.2. The van der Waals surface area contributed by atoms with Gasteiger partial charge in [-0.1, -0.05) is 34.6 Å². The molecule has 1 aromatic rings. The fraction of sp³-hybridized carbons (Fsp3) is 0.733. The average molecular weight is 280 g/mol. The summed E-state index contributed by atoms with van der Waals surface area (Å²) in [4.78, 5) is 16.2. The van der Waals surface area contributed by atoms with Gasteiger partial charge in [-0.3, -0.25) is 4.79 Å². The van der Waals surface area contributed by atoms with Gasteiger partial charge in [-0.25, -0.2) is 4.98 Å². The number of imidazole rings is 1. The Bertz CT molecular complexity index is 406. The Balaban J connectivity index is 2.68. The molecule has 3 N–H and O–H groups in total. The van der Waals surface area contributed by atoms with E-state index in [1.165, 1.54) is 0 Å². The van der Waals surface area contributed by atoms with Gasteiger partial charge in [-0.2, -0.15) is 0 Å². The van der Waals surface area contributed by atoms with Gasteiger partial charge >= 0.3 is 0 Å². The third-order valence-corrected chi connectivity index (χ3v) is 3.38. The summed E-state index contributed by atoms with van der Waals surface area (Å²) in [6.07, 6.45) is 6.11. The summed E-state index contributed by atoms with van der Waals surface area (Å²) in [5, 5.41) is 3.09. The van der Waals surface area contributed by atoms with Crippen LogP contribution in [0.2, 0.25) is 0 Å². The van der Waals surface area contributed by atoms with E-state index in [-0.39, 0.29) is 17.4 Å². The predicted octanol–water partition coefficient (Wildman–Crippen LogP) is 1.79. The number of carbonyl (C=O) groups excluding carboxylic acids is 1. The molecule has 0 aliphatic carbocycles. The zero-order valence-corrected chi connectivity index (χ0v) is 13.3. The topological polar surface area (TPSA) is 72.9 Å². The fourth-order valence-corrected chi connectivity index (χ4v) is 2.04. The lowest BCUT2D eigenvalue weighted by Crippen LogP contribution is -2.51. The number of rotatable bonds is 6. The molecule has 0 saturated carbocycles. The van der Waals surface area contributed by atoms with Crippen LogP contribution in [0.4, 0.5) is 0 Å². The highest BCUT2D eigenvalue weighted by atomic mass is 16.2. The highest BCUT2D eigenvalue weighted by Gasteiger charge is 2.28. The van der Waals surface area contributed by atoms with Gasteiger partial charge < -0.3 is 15.6 Å². The number of hydrogen-bond donors (Lipinski definition) is 2. The molecule has 1 amide bonds. The molecule has 114 valence electrons. The van der Waals surface area contributed by atoms with Crippen LogP contribution in [0.25, 0.3) is 0 Å². The molecule has 1 heterocycles. The first kappa shape index (κ1) is 16.7. The molecular formula is C15H28N4O. The van der Waals surface area contributed by atoms with E-state index in [0.717, 1.165) is 0 Å². The van der Waals surface area contributed by atoms with E-state index in [0.29, 0.717) is 18.9 Å². The van der Waals surface area contributed by atoms with E-state index in [1.54, 1.807) is 12.5 Å². The van der Waals surface area contributed by atoms with Crippen molar-refractivity contribution in [3.63, 3.8) is 0 Å². The average Bonchev–Trinajstić information content (AvgIpc) is 2.78. The van der Waals surface area contributed by atoms with Gasteiger partial charge in [0, 0.05) is 18.9 Å². The Morgan fingerprint density at radius 1 is 1.40 bits per heavy atom. The van der Waals surface area contributed by atoms with Crippen LogP contribution in [-0.2, 0) is 11.3 Å². The largest absolute Gasteiger partial charge is 0.350 e. The Hall–Kier alpha value is -1.36. The number of nitrogens with one attached hydrogen (secondary N) is 1. The molecule has 0 aromatic carbocycles. The molecular weight excluding hydrogens is 252 g/mol. The quantitative estimate of drug-likeness (QED) is 0.834. The van der Waals surface area contributed by atoms with Crippen LogP contribution in [0.3, 0.4) is 0 Å². The summed E-state index contributed by atoms with van der Waals surface area (Å²) >= 11 is 0. The van der Waals surface area contributed by atoms with Gasteiger partial charge in [-0.05, 0) is 17.8 Å². The second kappa shape index (κ2) is 6.88. The summed E-state index contributed by atoms with van der Waals surface area (Å²) in [6.45, 7) is 11.2. The molecule has 1 rings (SSSR count). The van der Waals surface area contributed by atoms with Gasteiger partial charge in [0.2, 0.25) is 5.91 Å². The molecule has 2 atom stereocenters. The van der Waals surface area contributed by atoms with E-state index < -0.39 is 6.04 Å². The zero-order valence-electron chi connectivity index (χ0n) is 13.3. The molecule has 5 heteroatoms. The minimum Gasteiger partial charge on any atom is -0.350 e. The van der Waals surface area contributed by atoms with E-state index in [9.17, 15) is 4.79 Å².